The van der Waals surface area contributed by atoms with Gasteiger partial charge in [0.15, 0.2) is 5.96 Å². The number of nitrogens with two attached hydrogens (primary N) is 1. The summed E-state index contributed by atoms with van der Waals surface area (Å²) in [5.74, 6) is -0.745. The molecule has 0 spiro atoms. The van der Waals surface area contributed by atoms with E-state index in [1.165, 1.54) is 12.8 Å². The van der Waals surface area contributed by atoms with Crippen LogP contribution in [0, 0.1) is 11.8 Å². The van der Waals surface area contributed by atoms with Crippen LogP contribution in [-0.4, -0.2) is 24.7 Å². The van der Waals surface area contributed by atoms with Crippen molar-refractivity contribution in [3.8, 4) is 0 Å². The first-order valence-electron chi connectivity index (χ1n) is 7.58. The van der Waals surface area contributed by atoms with Crippen LogP contribution < -0.4 is 11.1 Å². The lowest BCUT2D eigenvalue weighted by Gasteiger charge is -2.29. The van der Waals surface area contributed by atoms with Crippen LogP contribution in [0.15, 0.2) is 4.99 Å². The van der Waals surface area contributed by atoms with Crippen LogP contribution in [0.3, 0.4) is 0 Å². The van der Waals surface area contributed by atoms with E-state index >= 15 is 0 Å². The Morgan fingerprint density at radius 1 is 1.10 bits per heavy atom. The average Bonchev–Trinajstić information content (AvgIpc) is 2.88. The second kappa shape index (κ2) is 6.68. The summed E-state index contributed by atoms with van der Waals surface area (Å²) >= 11 is 0. The predicted molar refractivity (Wildman–Crippen MR) is 73.4 cm³/mol. The highest BCUT2D eigenvalue weighted by Crippen LogP contribution is 2.39. The van der Waals surface area contributed by atoms with Crippen molar-refractivity contribution in [1.29, 1.82) is 0 Å². The molecule has 2 rings (SSSR count). The van der Waals surface area contributed by atoms with E-state index in [0.29, 0.717) is 25.0 Å². The zero-order chi connectivity index (χ0) is 14.6. The average molecular weight is 291 g/mol. The molecule has 2 atom stereocenters. The van der Waals surface area contributed by atoms with Crippen LogP contribution in [-0.2, 0) is 0 Å². The van der Waals surface area contributed by atoms with Gasteiger partial charge in [0.25, 0.3) is 0 Å². The third-order valence-electron chi connectivity index (χ3n) is 4.47. The van der Waals surface area contributed by atoms with Crippen molar-refractivity contribution in [3.05, 3.63) is 0 Å². The molecule has 3 nitrogen and oxygen atoms in total. The van der Waals surface area contributed by atoms with Gasteiger partial charge in [0.2, 0.25) is 0 Å². The van der Waals surface area contributed by atoms with Crippen molar-refractivity contribution >= 4 is 5.96 Å². The molecular formula is C14H24F3N3. The molecule has 116 valence electrons. The molecule has 0 heterocycles. The monoisotopic (exact) mass is 291 g/mol. The Morgan fingerprint density at radius 2 is 1.80 bits per heavy atom. The maximum atomic E-state index is 12.7. The number of alkyl halides is 3. The number of rotatable bonds is 3. The molecule has 2 unspecified atom stereocenters. The van der Waals surface area contributed by atoms with Gasteiger partial charge in [-0.25, -0.2) is 0 Å². The molecule has 0 aromatic heterocycles. The Labute approximate surface area is 118 Å². The van der Waals surface area contributed by atoms with Crippen LogP contribution in [0.4, 0.5) is 13.2 Å². The molecule has 0 radical (unpaired) electrons. The highest BCUT2D eigenvalue weighted by atomic mass is 19.4. The standard InChI is InChI=1S/C14H24F3N3/c15-14(16,17)11-5-3-4-10(8-11)9-19-13(18)20-12-6-1-2-7-12/h10-12H,1-9H2,(H3,18,19,20). The molecule has 2 aliphatic rings. The number of nitrogens with zero attached hydrogens (tertiary/aromatic N) is 1. The van der Waals surface area contributed by atoms with Gasteiger partial charge < -0.3 is 11.1 Å². The van der Waals surface area contributed by atoms with Gasteiger partial charge >= 0.3 is 6.18 Å². The van der Waals surface area contributed by atoms with Crippen molar-refractivity contribution in [1.82, 2.24) is 5.32 Å². The summed E-state index contributed by atoms with van der Waals surface area (Å²) in [5.41, 5.74) is 5.81. The minimum absolute atomic E-state index is 0.0132. The molecule has 2 saturated carbocycles. The first-order chi connectivity index (χ1) is 9.45. The Kier molecular flexibility index (Phi) is 5.16. The fourth-order valence-corrected chi connectivity index (χ4v) is 3.31. The molecule has 2 aliphatic carbocycles. The summed E-state index contributed by atoms with van der Waals surface area (Å²) in [4.78, 5) is 4.24. The van der Waals surface area contributed by atoms with Gasteiger partial charge in [-0.3, -0.25) is 4.99 Å². The fraction of sp³-hybridized carbons (Fsp3) is 0.929. The van der Waals surface area contributed by atoms with E-state index in [9.17, 15) is 13.2 Å². The second-order valence-corrected chi connectivity index (χ2v) is 6.12. The first-order valence-corrected chi connectivity index (χ1v) is 7.58. The third-order valence-corrected chi connectivity index (χ3v) is 4.47. The number of hydrogen-bond donors (Lipinski definition) is 2. The molecule has 0 amide bonds. The SMILES string of the molecule is NC(=NCC1CCCC(C(F)(F)F)C1)NC1CCCC1. The lowest BCUT2D eigenvalue weighted by atomic mass is 9.81. The van der Waals surface area contributed by atoms with Gasteiger partial charge in [-0.1, -0.05) is 19.3 Å². The molecular weight excluding hydrogens is 267 g/mol. The van der Waals surface area contributed by atoms with Crippen LogP contribution >= 0.6 is 0 Å². The largest absolute Gasteiger partial charge is 0.391 e. The highest BCUT2D eigenvalue weighted by Gasteiger charge is 2.41. The van der Waals surface area contributed by atoms with Crippen molar-refractivity contribution in [2.75, 3.05) is 6.54 Å². The maximum absolute atomic E-state index is 12.7. The van der Waals surface area contributed by atoms with Gasteiger partial charge in [0.1, 0.15) is 0 Å². The lowest BCUT2D eigenvalue weighted by molar-refractivity contribution is -0.185. The van der Waals surface area contributed by atoms with Gasteiger partial charge in [0, 0.05) is 12.6 Å². The molecule has 20 heavy (non-hydrogen) atoms. The summed E-state index contributed by atoms with van der Waals surface area (Å²) in [6.07, 6.45) is 2.50. The van der Waals surface area contributed by atoms with Crippen molar-refractivity contribution in [3.63, 3.8) is 0 Å². The van der Waals surface area contributed by atoms with E-state index in [1.807, 2.05) is 0 Å². The smallest absolute Gasteiger partial charge is 0.370 e. The van der Waals surface area contributed by atoms with Gasteiger partial charge in [0.05, 0.1) is 5.92 Å². The molecule has 0 aromatic rings. The van der Waals surface area contributed by atoms with E-state index in [4.69, 9.17) is 5.73 Å². The van der Waals surface area contributed by atoms with Gasteiger partial charge in [-0.05, 0) is 38.0 Å². The molecule has 6 heteroatoms. The van der Waals surface area contributed by atoms with Crippen LogP contribution in [0.25, 0.3) is 0 Å². The summed E-state index contributed by atoms with van der Waals surface area (Å²) in [5, 5.41) is 3.17. The number of halogens is 3. The fourth-order valence-electron chi connectivity index (χ4n) is 3.31. The minimum Gasteiger partial charge on any atom is -0.370 e. The van der Waals surface area contributed by atoms with E-state index in [-0.39, 0.29) is 18.8 Å². The molecule has 2 fully saturated rings. The number of hydrogen-bond acceptors (Lipinski definition) is 1. The summed E-state index contributed by atoms with van der Waals surface area (Å²) in [7, 11) is 0. The lowest BCUT2D eigenvalue weighted by Crippen LogP contribution is -2.39. The summed E-state index contributed by atoms with van der Waals surface area (Å²) in [6, 6.07) is 0.396. The Morgan fingerprint density at radius 3 is 2.45 bits per heavy atom. The normalized spacial score (nSPS) is 29.6. The molecule has 0 aliphatic heterocycles. The minimum atomic E-state index is -4.06. The quantitative estimate of drug-likeness (QED) is 0.619. The van der Waals surface area contributed by atoms with E-state index < -0.39 is 12.1 Å². The zero-order valence-corrected chi connectivity index (χ0v) is 11.8. The summed E-state index contributed by atoms with van der Waals surface area (Å²) in [6.45, 7) is 0.415. The molecule has 0 aromatic carbocycles. The van der Waals surface area contributed by atoms with Crippen molar-refractivity contribution < 1.29 is 13.2 Å². The van der Waals surface area contributed by atoms with E-state index in [1.54, 1.807) is 0 Å². The summed E-state index contributed by atoms with van der Waals surface area (Å²) < 4.78 is 38.1. The Bertz CT molecular complexity index is 335. The maximum Gasteiger partial charge on any atom is 0.391 e. The molecule has 0 bridgehead atoms. The molecule has 3 N–H and O–H groups in total. The van der Waals surface area contributed by atoms with Crippen LogP contribution in [0.1, 0.15) is 51.4 Å². The predicted octanol–water partition coefficient (Wildman–Crippen LogP) is 3.20. The second-order valence-electron chi connectivity index (χ2n) is 6.12. The molecule has 0 saturated heterocycles. The Hall–Kier alpha value is -0.940. The highest BCUT2D eigenvalue weighted by molar-refractivity contribution is 5.78. The van der Waals surface area contributed by atoms with Crippen LogP contribution in [0.2, 0.25) is 0 Å². The Balaban J connectivity index is 1.77. The third kappa shape index (κ3) is 4.56. The van der Waals surface area contributed by atoms with Gasteiger partial charge in [-0.15, -0.1) is 0 Å². The number of aliphatic imine (C=N–C) groups is 1. The van der Waals surface area contributed by atoms with Crippen molar-refractivity contribution in [2.24, 2.45) is 22.6 Å². The number of nitrogens with one attached hydrogen (secondary N) is 1. The van der Waals surface area contributed by atoms with E-state index in [0.717, 1.165) is 19.3 Å². The van der Waals surface area contributed by atoms with E-state index in [2.05, 4.69) is 10.3 Å². The van der Waals surface area contributed by atoms with Crippen LogP contribution in [0.5, 0.6) is 0 Å². The number of guanidine groups is 1. The topological polar surface area (TPSA) is 50.4 Å². The first kappa shape index (κ1) is 15.4. The zero-order valence-electron chi connectivity index (χ0n) is 11.8. The van der Waals surface area contributed by atoms with Crippen molar-refractivity contribution in [2.45, 2.75) is 63.6 Å². The van der Waals surface area contributed by atoms with Gasteiger partial charge in [-0.2, -0.15) is 13.2 Å².